The molecule has 0 amide bonds. The van der Waals surface area contributed by atoms with Crippen LogP contribution in [0.15, 0.2) is 24.5 Å². The van der Waals surface area contributed by atoms with Gasteiger partial charge in [-0.3, -0.25) is 0 Å². The topological polar surface area (TPSA) is 39.4 Å². The maximum absolute atomic E-state index is 6.99. The van der Waals surface area contributed by atoms with Gasteiger partial charge in [-0.25, -0.2) is 14.8 Å². The van der Waals surface area contributed by atoms with Crippen LogP contribution in [-0.4, -0.2) is 16.1 Å². The minimum absolute atomic E-state index is 0.0630. The van der Waals surface area contributed by atoms with Crippen LogP contribution < -0.4 is 4.74 Å². The molecule has 0 bridgehead atoms. The van der Waals surface area contributed by atoms with E-state index in [4.69, 9.17) is 22.9 Å². The third-order valence-electron chi connectivity index (χ3n) is 3.01. The Morgan fingerprint density at radius 3 is 2.71 bits per heavy atom. The third kappa shape index (κ3) is 3.71. The van der Waals surface area contributed by atoms with E-state index in [1.165, 1.54) is 6.33 Å². The number of rotatable bonds is 4. The number of nitrogens with zero attached hydrogens (tertiary/aromatic N) is 3. The predicted molar refractivity (Wildman–Crippen MR) is 83.1 cm³/mol. The minimum Gasteiger partial charge on any atom is -0.475 e. The smallest absolute Gasteiger partial charge is 0.219 e. The largest absolute Gasteiger partial charge is 0.475 e. The second kappa shape index (κ2) is 6.55. The highest BCUT2D eigenvalue weighted by Gasteiger charge is 2.12. The summed E-state index contributed by atoms with van der Waals surface area (Å²) < 4.78 is 5.67. The number of hydrogen-bond donors (Lipinski definition) is 0. The summed E-state index contributed by atoms with van der Waals surface area (Å²) in [5.41, 5.74) is 3.25. The molecule has 4 nitrogen and oxygen atoms in total. The van der Waals surface area contributed by atoms with Gasteiger partial charge in [0.25, 0.3) is 0 Å². The van der Waals surface area contributed by atoms with Crippen molar-refractivity contribution >= 4 is 17.3 Å². The number of aromatic nitrogens is 2. The average molecular weight is 302 g/mol. The number of benzene rings is 1. The normalized spacial score (nSPS) is 10.5. The van der Waals surface area contributed by atoms with Crippen molar-refractivity contribution in [2.45, 2.75) is 33.3 Å². The van der Waals surface area contributed by atoms with Crippen LogP contribution in [0.3, 0.4) is 0 Å². The van der Waals surface area contributed by atoms with E-state index in [-0.39, 0.29) is 6.10 Å². The molecule has 5 heteroatoms. The molecule has 0 spiro atoms. The van der Waals surface area contributed by atoms with Crippen LogP contribution in [0.2, 0.25) is 5.02 Å². The van der Waals surface area contributed by atoms with E-state index in [1.807, 2.05) is 26.8 Å². The molecule has 1 aromatic heterocycles. The van der Waals surface area contributed by atoms with E-state index in [0.717, 1.165) is 16.8 Å². The van der Waals surface area contributed by atoms with E-state index in [1.54, 1.807) is 12.1 Å². The van der Waals surface area contributed by atoms with Crippen molar-refractivity contribution in [1.82, 2.24) is 9.97 Å². The fourth-order valence-corrected chi connectivity index (χ4v) is 2.16. The molecule has 108 valence electrons. The second-order valence-corrected chi connectivity index (χ2v) is 5.39. The highest BCUT2D eigenvalue weighted by molar-refractivity contribution is 6.31. The van der Waals surface area contributed by atoms with Crippen LogP contribution in [0.4, 0.5) is 5.69 Å². The van der Waals surface area contributed by atoms with Crippen LogP contribution in [0.25, 0.3) is 4.85 Å². The Morgan fingerprint density at radius 1 is 1.33 bits per heavy atom. The van der Waals surface area contributed by atoms with Crippen molar-refractivity contribution in [3.8, 4) is 5.88 Å². The van der Waals surface area contributed by atoms with Crippen molar-refractivity contribution in [2.24, 2.45) is 0 Å². The molecule has 0 radical (unpaired) electrons. The Kier molecular flexibility index (Phi) is 4.77. The molecule has 1 aromatic carbocycles. The Balaban J connectivity index is 2.30. The number of hydrogen-bond acceptors (Lipinski definition) is 3. The molecule has 1 heterocycles. The zero-order valence-electron chi connectivity index (χ0n) is 12.2. The van der Waals surface area contributed by atoms with Gasteiger partial charge < -0.3 is 4.74 Å². The SMILES string of the molecule is [C-]#[N+]c1ccc(Cc2ncnc(OC(C)C)c2C)c(Cl)c1. The molecule has 0 aliphatic carbocycles. The van der Waals surface area contributed by atoms with Crippen molar-refractivity contribution in [1.29, 1.82) is 0 Å². The van der Waals surface area contributed by atoms with Gasteiger partial charge in [0, 0.05) is 17.0 Å². The van der Waals surface area contributed by atoms with E-state index >= 15 is 0 Å². The van der Waals surface area contributed by atoms with Gasteiger partial charge in [0.05, 0.1) is 18.4 Å². The first-order valence-corrected chi connectivity index (χ1v) is 7.02. The summed E-state index contributed by atoms with van der Waals surface area (Å²) in [6.07, 6.45) is 2.15. The molecule has 0 atom stereocenters. The molecule has 0 aliphatic heterocycles. The lowest BCUT2D eigenvalue weighted by molar-refractivity contribution is 0.230. The van der Waals surface area contributed by atoms with Crippen LogP contribution in [0, 0.1) is 13.5 Å². The maximum atomic E-state index is 6.99. The first-order chi connectivity index (χ1) is 10.0. The summed E-state index contributed by atoms with van der Waals surface area (Å²) in [5.74, 6) is 0.601. The second-order valence-electron chi connectivity index (χ2n) is 4.98. The van der Waals surface area contributed by atoms with E-state index in [9.17, 15) is 0 Å². The van der Waals surface area contributed by atoms with Crippen molar-refractivity contribution in [3.05, 3.63) is 57.8 Å². The molecular weight excluding hydrogens is 286 g/mol. The lowest BCUT2D eigenvalue weighted by Gasteiger charge is -2.13. The van der Waals surface area contributed by atoms with Crippen LogP contribution in [0.1, 0.15) is 30.7 Å². The molecule has 0 N–H and O–H groups in total. The highest BCUT2D eigenvalue weighted by Crippen LogP contribution is 2.26. The zero-order chi connectivity index (χ0) is 15.4. The van der Waals surface area contributed by atoms with E-state index in [2.05, 4.69) is 14.8 Å². The average Bonchev–Trinajstić information content (AvgIpc) is 2.44. The fourth-order valence-electron chi connectivity index (χ4n) is 1.92. The summed E-state index contributed by atoms with van der Waals surface area (Å²) >= 11 is 6.22. The molecule has 21 heavy (non-hydrogen) atoms. The quantitative estimate of drug-likeness (QED) is 0.787. The van der Waals surface area contributed by atoms with Crippen LogP contribution in [0.5, 0.6) is 5.88 Å². The Hall–Kier alpha value is -2.12. The van der Waals surface area contributed by atoms with Gasteiger partial charge in [-0.15, -0.1) is 0 Å². The zero-order valence-corrected chi connectivity index (χ0v) is 13.0. The maximum Gasteiger partial charge on any atom is 0.219 e. The van der Waals surface area contributed by atoms with Crippen LogP contribution >= 0.6 is 11.6 Å². The molecule has 0 unspecified atom stereocenters. The molecule has 2 aromatic rings. The van der Waals surface area contributed by atoms with Crippen LogP contribution in [-0.2, 0) is 6.42 Å². The Labute approximate surface area is 129 Å². The lowest BCUT2D eigenvalue weighted by Crippen LogP contribution is -2.10. The lowest BCUT2D eigenvalue weighted by atomic mass is 10.1. The monoisotopic (exact) mass is 301 g/mol. The summed E-state index contributed by atoms with van der Waals surface area (Å²) in [6.45, 7) is 12.8. The molecule has 0 fully saturated rings. The van der Waals surface area contributed by atoms with E-state index < -0.39 is 0 Å². The molecule has 0 aliphatic rings. The van der Waals surface area contributed by atoms with E-state index in [0.29, 0.717) is 23.0 Å². The fraction of sp³-hybridized carbons (Fsp3) is 0.312. The summed E-state index contributed by atoms with van der Waals surface area (Å²) in [7, 11) is 0. The predicted octanol–water partition coefficient (Wildman–Crippen LogP) is 4.37. The summed E-state index contributed by atoms with van der Waals surface area (Å²) in [4.78, 5) is 11.8. The van der Waals surface area contributed by atoms with Gasteiger partial charge in [0.15, 0.2) is 5.69 Å². The molecule has 0 saturated heterocycles. The third-order valence-corrected chi connectivity index (χ3v) is 3.37. The van der Waals surface area contributed by atoms with Gasteiger partial charge >= 0.3 is 0 Å². The number of halogens is 1. The Bertz CT molecular complexity index is 692. The van der Waals surface area contributed by atoms with Gasteiger partial charge in [0.2, 0.25) is 5.88 Å². The van der Waals surface area contributed by atoms with Crippen molar-refractivity contribution < 1.29 is 4.74 Å². The highest BCUT2D eigenvalue weighted by atomic mass is 35.5. The van der Waals surface area contributed by atoms with Gasteiger partial charge in [-0.05, 0) is 32.4 Å². The van der Waals surface area contributed by atoms with Crippen molar-refractivity contribution in [3.63, 3.8) is 0 Å². The molecular formula is C16H16ClN3O. The van der Waals surface area contributed by atoms with Gasteiger partial charge in [0.1, 0.15) is 6.33 Å². The summed E-state index contributed by atoms with van der Waals surface area (Å²) in [6, 6.07) is 5.29. The summed E-state index contributed by atoms with van der Waals surface area (Å²) in [5, 5.41) is 0.577. The van der Waals surface area contributed by atoms with Crippen molar-refractivity contribution in [2.75, 3.05) is 0 Å². The van der Waals surface area contributed by atoms with Gasteiger partial charge in [-0.2, -0.15) is 0 Å². The minimum atomic E-state index is 0.0630. The number of ether oxygens (including phenoxy) is 1. The standard InChI is InChI=1S/C16H16ClN3O/c1-10(2)21-16-11(3)15(19-9-20-16)7-12-5-6-13(18-4)8-14(12)17/h5-6,8-10H,7H2,1-3H3. The Morgan fingerprint density at radius 2 is 2.10 bits per heavy atom. The first kappa shape index (κ1) is 15.3. The molecule has 0 saturated carbocycles. The first-order valence-electron chi connectivity index (χ1n) is 6.64. The molecule has 2 rings (SSSR count). The van der Waals surface area contributed by atoms with Gasteiger partial charge in [-0.1, -0.05) is 23.7 Å².